The van der Waals surface area contributed by atoms with Crippen LogP contribution in [0.1, 0.15) is 11.1 Å². The molecule has 2 heterocycles. The van der Waals surface area contributed by atoms with Crippen molar-refractivity contribution in [1.29, 1.82) is 0 Å². The Kier molecular flexibility index (Phi) is 8.32. The molecule has 0 atom stereocenters. The lowest BCUT2D eigenvalue weighted by atomic mass is 10.1. The Morgan fingerprint density at radius 3 is 2.58 bits per heavy atom. The molecular weight excluding hydrogens is 521 g/mol. The fourth-order valence-electron chi connectivity index (χ4n) is 3.57. The number of fused-ring (bicyclic) bond motifs is 1. The third kappa shape index (κ3) is 6.69. The lowest BCUT2D eigenvalue weighted by Crippen LogP contribution is -2.21. The summed E-state index contributed by atoms with van der Waals surface area (Å²) in [6, 6.07) is 9.09. The number of alkyl halides is 3. The minimum absolute atomic E-state index is 0.238. The molecule has 0 amide bonds. The summed E-state index contributed by atoms with van der Waals surface area (Å²) in [5, 5.41) is 9.82. The number of hydrogen-bond acceptors (Lipinski definition) is 9. The summed E-state index contributed by atoms with van der Waals surface area (Å²) in [5.74, 6) is 0.641. The average Bonchev–Trinajstić information content (AvgIpc) is 2.88. The molecule has 0 fully saturated rings. The summed E-state index contributed by atoms with van der Waals surface area (Å²) in [5.41, 5.74) is 1.84. The monoisotopic (exact) mass is 546 g/mol. The van der Waals surface area contributed by atoms with Crippen LogP contribution in [0.25, 0.3) is 11.0 Å². The van der Waals surface area contributed by atoms with Crippen molar-refractivity contribution in [2.75, 3.05) is 50.2 Å². The molecule has 38 heavy (non-hydrogen) atoms. The number of methoxy groups -OCH3 is 1. The predicted molar refractivity (Wildman–Crippen MR) is 142 cm³/mol. The van der Waals surface area contributed by atoms with E-state index in [1.165, 1.54) is 25.6 Å². The first kappa shape index (κ1) is 27.1. The van der Waals surface area contributed by atoms with Crippen molar-refractivity contribution in [3.8, 4) is 5.75 Å². The highest BCUT2D eigenvalue weighted by atomic mass is 35.5. The van der Waals surface area contributed by atoms with Crippen LogP contribution in [0.2, 0.25) is 5.02 Å². The molecule has 0 spiro atoms. The van der Waals surface area contributed by atoms with E-state index >= 15 is 0 Å². The van der Waals surface area contributed by atoms with Gasteiger partial charge in [-0.25, -0.2) is 19.9 Å². The summed E-state index contributed by atoms with van der Waals surface area (Å²) < 4.78 is 44.9. The number of aromatic nitrogens is 4. The van der Waals surface area contributed by atoms with E-state index in [1.807, 2.05) is 19.0 Å². The van der Waals surface area contributed by atoms with Crippen LogP contribution in [0.4, 0.5) is 36.3 Å². The molecule has 4 aromatic rings. The van der Waals surface area contributed by atoms with Crippen molar-refractivity contribution in [2.45, 2.75) is 12.7 Å². The Labute approximate surface area is 222 Å². The van der Waals surface area contributed by atoms with Gasteiger partial charge in [0.05, 0.1) is 29.6 Å². The maximum atomic E-state index is 13.4. The Hall–Kier alpha value is -3.90. The molecule has 0 aliphatic heterocycles. The van der Waals surface area contributed by atoms with Crippen LogP contribution in [0.3, 0.4) is 0 Å². The number of anilines is 4. The van der Waals surface area contributed by atoms with Gasteiger partial charge in [-0.2, -0.15) is 13.2 Å². The fourth-order valence-corrected chi connectivity index (χ4v) is 3.74. The zero-order valence-corrected chi connectivity index (χ0v) is 21.7. The maximum Gasteiger partial charge on any atom is 0.420 e. The third-order valence-corrected chi connectivity index (χ3v) is 5.83. The number of rotatable bonds is 10. The normalized spacial score (nSPS) is 11.6. The lowest BCUT2D eigenvalue weighted by molar-refractivity contribution is -0.138. The lowest BCUT2D eigenvalue weighted by Gasteiger charge is -2.15. The van der Waals surface area contributed by atoms with E-state index in [0.29, 0.717) is 45.7 Å². The average molecular weight is 547 g/mol. The van der Waals surface area contributed by atoms with Crippen molar-refractivity contribution < 1.29 is 17.9 Å². The van der Waals surface area contributed by atoms with Gasteiger partial charge in [0.2, 0.25) is 5.95 Å². The first-order valence-corrected chi connectivity index (χ1v) is 11.9. The zero-order valence-electron chi connectivity index (χ0n) is 20.9. The second kappa shape index (κ2) is 11.7. The molecule has 0 unspecified atom stereocenters. The van der Waals surface area contributed by atoms with Gasteiger partial charge >= 0.3 is 6.18 Å². The molecule has 0 saturated carbocycles. The first-order chi connectivity index (χ1) is 18.1. The molecular formula is C25H26ClF3N8O. The number of likely N-dealkylation sites (N-methyl/N-ethyl adjacent to an activating group) is 1. The highest BCUT2D eigenvalue weighted by Gasteiger charge is 2.34. The van der Waals surface area contributed by atoms with Crippen molar-refractivity contribution in [3.05, 3.63) is 65.1 Å². The van der Waals surface area contributed by atoms with Crippen LogP contribution in [0.15, 0.2) is 48.9 Å². The van der Waals surface area contributed by atoms with Crippen LogP contribution < -0.4 is 20.7 Å². The van der Waals surface area contributed by atoms with Gasteiger partial charge in [-0.05, 0) is 50.0 Å². The number of benzene rings is 2. The van der Waals surface area contributed by atoms with Gasteiger partial charge < -0.3 is 25.6 Å². The summed E-state index contributed by atoms with van der Waals surface area (Å²) in [6.45, 7) is 1.72. The molecule has 4 rings (SSSR count). The van der Waals surface area contributed by atoms with Gasteiger partial charge in [-0.15, -0.1) is 0 Å². The van der Waals surface area contributed by atoms with Crippen molar-refractivity contribution >= 4 is 45.8 Å². The molecule has 0 aliphatic rings. The third-order valence-electron chi connectivity index (χ3n) is 5.50. The van der Waals surface area contributed by atoms with Gasteiger partial charge in [-0.3, -0.25) is 0 Å². The molecule has 0 aliphatic carbocycles. The number of nitrogens with one attached hydrogen (secondary N) is 3. The Morgan fingerprint density at radius 1 is 1.03 bits per heavy atom. The molecule has 0 radical (unpaired) electrons. The molecule has 2 aromatic heterocycles. The van der Waals surface area contributed by atoms with Crippen LogP contribution in [-0.4, -0.2) is 59.1 Å². The van der Waals surface area contributed by atoms with Crippen molar-refractivity contribution in [3.63, 3.8) is 0 Å². The Morgan fingerprint density at radius 2 is 1.84 bits per heavy atom. The number of hydrogen-bond donors (Lipinski definition) is 3. The molecule has 9 nitrogen and oxygen atoms in total. The Bertz CT molecular complexity index is 1420. The minimum Gasteiger partial charge on any atom is -0.496 e. The number of ether oxygens (including phenoxy) is 1. The van der Waals surface area contributed by atoms with Gasteiger partial charge in [-0.1, -0.05) is 17.7 Å². The summed E-state index contributed by atoms with van der Waals surface area (Å²) >= 11 is 6.43. The standard InChI is InChI=1S/C25H26ClF3N8O/c1-37(2)9-8-30-24-32-13-20-22(36-24)23(34-14-33-20)35-19-10-15(4-6-18(19)26)12-31-16-5-7-21(38-3)17(11-16)25(27,28)29/h4-7,10-11,13-14,31H,8-9,12H2,1-3H3,(H,30,32,36)(H,33,34,35). The second-order valence-corrected chi connectivity index (χ2v) is 8.99. The number of halogens is 4. The van der Waals surface area contributed by atoms with E-state index in [1.54, 1.807) is 24.4 Å². The van der Waals surface area contributed by atoms with E-state index in [-0.39, 0.29) is 12.3 Å². The van der Waals surface area contributed by atoms with Crippen LogP contribution in [-0.2, 0) is 12.7 Å². The summed E-state index contributed by atoms with van der Waals surface area (Å²) in [6.07, 6.45) is -1.53. The van der Waals surface area contributed by atoms with E-state index in [4.69, 9.17) is 16.3 Å². The van der Waals surface area contributed by atoms with Crippen molar-refractivity contribution in [2.24, 2.45) is 0 Å². The van der Waals surface area contributed by atoms with Crippen LogP contribution >= 0.6 is 11.6 Å². The van der Waals surface area contributed by atoms with Crippen LogP contribution in [0, 0.1) is 0 Å². The quantitative estimate of drug-likeness (QED) is 0.240. The van der Waals surface area contributed by atoms with E-state index < -0.39 is 11.7 Å². The van der Waals surface area contributed by atoms with Gasteiger partial charge in [0.25, 0.3) is 0 Å². The highest BCUT2D eigenvalue weighted by Crippen LogP contribution is 2.38. The molecule has 0 saturated heterocycles. The van der Waals surface area contributed by atoms with Crippen LogP contribution in [0.5, 0.6) is 5.75 Å². The smallest absolute Gasteiger partial charge is 0.420 e. The Balaban J connectivity index is 1.53. The van der Waals surface area contributed by atoms with E-state index in [9.17, 15) is 13.2 Å². The topological polar surface area (TPSA) is 100 Å². The fraction of sp³-hybridized carbons (Fsp3) is 0.280. The zero-order chi connectivity index (χ0) is 27.3. The molecule has 2 aromatic carbocycles. The van der Waals surface area contributed by atoms with Crippen molar-refractivity contribution in [1.82, 2.24) is 24.8 Å². The highest BCUT2D eigenvalue weighted by molar-refractivity contribution is 6.33. The second-order valence-electron chi connectivity index (χ2n) is 8.59. The largest absolute Gasteiger partial charge is 0.496 e. The molecule has 13 heteroatoms. The van der Waals surface area contributed by atoms with E-state index in [0.717, 1.165) is 18.2 Å². The number of nitrogens with zero attached hydrogens (tertiary/aromatic N) is 5. The summed E-state index contributed by atoms with van der Waals surface area (Å²) in [4.78, 5) is 19.4. The van der Waals surface area contributed by atoms with E-state index in [2.05, 4.69) is 35.9 Å². The minimum atomic E-state index is -4.54. The first-order valence-electron chi connectivity index (χ1n) is 11.5. The molecule has 200 valence electrons. The SMILES string of the molecule is COc1ccc(NCc2ccc(Cl)c(Nc3ncnc4cnc(NCCN(C)C)nc34)c2)cc1C(F)(F)F. The van der Waals surface area contributed by atoms with Gasteiger partial charge in [0.15, 0.2) is 5.82 Å². The molecule has 3 N–H and O–H groups in total. The van der Waals surface area contributed by atoms with Gasteiger partial charge in [0, 0.05) is 25.3 Å². The van der Waals surface area contributed by atoms with Gasteiger partial charge in [0.1, 0.15) is 23.1 Å². The maximum absolute atomic E-state index is 13.4. The molecule has 0 bridgehead atoms. The predicted octanol–water partition coefficient (Wildman–Crippen LogP) is 5.43. The summed E-state index contributed by atoms with van der Waals surface area (Å²) in [7, 11) is 5.15.